The van der Waals surface area contributed by atoms with E-state index >= 15 is 0 Å². The molecule has 0 unspecified atom stereocenters. The molecule has 4 nitrogen and oxygen atoms in total. The van der Waals surface area contributed by atoms with E-state index < -0.39 is 11.1 Å². The third kappa shape index (κ3) is 4.31. The number of anilines is 1. The number of rotatable bonds is 4. The van der Waals surface area contributed by atoms with Crippen LogP contribution in [0.25, 0.3) is 0 Å². The number of nitrogens with one attached hydrogen (secondary N) is 2. The van der Waals surface area contributed by atoms with E-state index in [1.165, 1.54) is 0 Å². The van der Waals surface area contributed by atoms with Crippen LogP contribution in [0.4, 0.5) is 19.0 Å². The van der Waals surface area contributed by atoms with Crippen molar-refractivity contribution in [2.75, 3.05) is 17.6 Å². The molecule has 0 saturated heterocycles. The maximum Gasteiger partial charge on any atom is 0.441 e. The van der Waals surface area contributed by atoms with Gasteiger partial charge in [-0.3, -0.25) is 4.79 Å². The van der Waals surface area contributed by atoms with E-state index in [2.05, 4.69) is 15.3 Å². The largest absolute Gasteiger partial charge is 0.441 e. The summed E-state index contributed by atoms with van der Waals surface area (Å²) >= 11 is 5.41. The number of hydrogen-bond acceptors (Lipinski definition) is 4. The predicted octanol–water partition coefficient (Wildman–Crippen LogP) is 2.09. The summed E-state index contributed by atoms with van der Waals surface area (Å²) < 4.78 is 35.3. The zero-order valence-electron chi connectivity index (χ0n) is 7.77. The lowest BCUT2D eigenvalue weighted by molar-refractivity contribution is -0.0327. The summed E-state index contributed by atoms with van der Waals surface area (Å²) in [6.45, 7) is 0.0142. The lowest BCUT2D eigenvalue weighted by atomic mass is 10.5. The van der Waals surface area contributed by atoms with Gasteiger partial charge in [-0.25, -0.2) is 4.98 Å². The van der Waals surface area contributed by atoms with Crippen molar-refractivity contribution in [1.29, 1.82) is 0 Å². The Morgan fingerprint density at radius 2 is 2.25 bits per heavy atom. The highest BCUT2D eigenvalue weighted by Gasteiger charge is 2.27. The minimum Gasteiger partial charge on any atom is -0.368 e. The Bertz CT molecular complexity index is 409. The second-order valence-electron chi connectivity index (χ2n) is 2.62. The molecule has 1 aromatic heterocycles. The number of hydrogen-bond donors (Lipinski definition) is 2. The molecule has 16 heavy (non-hydrogen) atoms. The van der Waals surface area contributed by atoms with Gasteiger partial charge in [-0.2, -0.15) is 13.2 Å². The predicted molar refractivity (Wildman–Crippen MR) is 56.9 cm³/mol. The molecule has 0 spiro atoms. The first-order valence-corrected chi connectivity index (χ1v) is 5.44. The van der Waals surface area contributed by atoms with Crippen molar-refractivity contribution in [3.8, 4) is 0 Å². The molecule has 0 atom stereocenters. The molecule has 0 amide bonds. The van der Waals surface area contributed by atoms with Crippen molar-refractivity contribution in [2.45, 2.75) is 5.51 Å². The maximum atomic E-state index is 11.8. The normalized spacial score (nSPS) is 11.5. The van der Waals surface area contributed by atoms with Gasteiger partial charge in [-0.1, -0.05) is 11.6 Å². The third-order valence-corrected chi connectivity index (χ3v) is 2.54. The highest BCUT2D eigenvalue weighted by molar-refractivity contribution is 8.00. The van der Waals surface area contributed by atoms with Gasteiger partial charge in [-0.05, 0) is 11.8 Å². The first-order valence-electron chi connectivity index (χ1n) is 4.08. The summed E-state index contributed by atoms with van der Waals surface area (Å²) in [4.78, 5) is 16.9. The SMILES string of the molecule is O=c1[nH]cnc(NCCSC(F)(F)F)c1Cl. The van der Waals surface area contributed by atoms with Gasteiger partial charge in [0.1, 0.15) is 5.02 Å². The highest BCUT2D eigenvalue weighted by Crippen LogP contribution is 2.29. The average molecular weight is 274 g/mol. The van der Waals surface area contributed by atoms with Crippen molar-refractivity contribution < 1.29 is 13.2 Å². The number of aromatic amines is 1. The first kappa shape index (κ1) is 13.2. The topological polar surface area (TPSA) is 57.8 Å². The van der Waals surface area contributed by atoms with Gasteiger partial charge in [0.2, 0.25) is 0 Å². The van der Waals surface area contributed by atoms with Crippen LogP contribution in [0.3, 0.4) is 0 Å². The van der Waals surface area contributed by atoms with Crippen molar-refractivity contribution in [1.82, 2.24) is 9.97 Å². The van der Waals surface area contributed by atoms with Crippen molar-refractivity contribution >= 4 is 29.2 Å². The van der Waals surface area contributed by atoms with E-state index in [0.29, 0.717) is 0 Å². The van der Waals surface area contributed by atoms with Crippen LogP contribution < -0.4 is 10.9 Å². The summed E-state index contributed by atoms with van der Waals surface area (Å²) in [5.74, 6) is -0.109. The molecule has 0 bridgehead atoms. The number of alkyl halides is 3. The van der Waals surface area contributed by atoms with Crippen LogP contribution in [0.2, 0.25) is 5.02 Å². The molecule has 2 N–H and O–H groups in total. The van der Waals surface area contributed by atoms with Crippen molar-refractivity contribution in [3.05, 3.63) is 21.7 Å². The molecule has 0 aliphatic heterocycles. The van der Waals surface area contributed by atoms with E-state index in [0.717, 1.165) is 6.33 Å². The number of aromatic nitrogens is 2. The van der Waals surface area contributed by atoms with Crippen molar-refractivity contribution in [2.24, 2.45) is 0 Å². The van der Waals surface area contributed by atoms with Crippen LogP contribution in [0.5, 0.6) is 0 Å². The molecule has 1 aromatic rings. The van der Waals surface area contributed by atoms with Crippen molar-refractivity contribution in [3.63, 3.8) is 0 Å². The quantitative estimate of drug-likeness (QED) is 0.825. The summed E-state index contributed by atoms with van der Waals surface area (Å²) in [7, 11) is 0. The number of thioether (sulfide) groups is 1. The van der Waals surface area contributed by atoms with Gasteiger partial charge in [0.25, 0.3) is 5.56 Å². The Labute approximate surface area is 97.6 Å². The molecule has 0 aliphatic rings. The third-order valence-electron chi connectivity index (χ3n) is 1.46. The molecular weight excluding hydrogens is 267 g/mol. The molecule has 0 aromatic carbocycles. The number of nitrogens with zero attached hydrogens (tertiary/aromatic N) is 1. The second-order valence-corrected chi connectivity index (χ2v) is 4.15. The molecule has 0 aliphatic carbocycles. The monoisotopic (exact) mass is 273 g/mol. The maximum absolute atomic E-state index is 11.8. The van der Waals surface area contributed by atoms with Crippen LogP contribution in [-0.4, -0.2) is 27.8 Å². The molecule has 0 fully saturated rings. The molecule has 9 heteroatoms. The van der Waals surface area contributed by atoms with E-state index in [4.69, 9.17) is 11.6 Å². The summed E-state index contributed by atoms with van der Waals surface area (Å²) in [5.41, 5.74) is -4.80. The van der Waals surface area contributed by atoms with Crippen LogP contribution in [0.1, 0.15) is 0 Å². The Hall–Kier alpha value is -0.890. The summed E-state index contributed by atoms with van der Waals surface area (Å²) in [6.07, 6.45) is 1.12. The summed E-state index contributed by atoms with van der Waals surface area (Å²) in [5, 5.41) is 2.38. The van der Waals surface area contributed by atoms with Crippen LogP contribution >= 0.6 is 23.4 Å². The van der Waals surface area contributed by atoms with Gasteiger partial charge in [0.05, 0.1) is 6.33 Å². The smallest absolute Gasteiger partial charge is 0.368 e. The molecule has 90 valence electrons. The average Bonchev–Trinajstić information content (AvgIpc) is 2.17. The number of halogens is 4. The first-order chi connectivity index (χ1) is 7.40. The molecular formula is C7H7ClF3N3OS. The van der Waals surface area contributed by atoms with E-state index in [1.54, 1.807) is 0 Å². The van der Waals surface area contributed by atoms with E-state index in [1.807, 2.05) is 0 Å². The fourth-order valence-electron chi connectivity index (χ4n) is 0.842. The lowest BCUT2D eigenvalue weighted by Crippen LogP contribution is -2.14. The molecule has 0 radical (unpaired) electrons. The Balaban J connectivity index is 2.44. The van der Waals surface area contributed by atoms with E-state index in [-0.39, 0.29) is 34.9 Å². The number of H-pyrrole nitrogens is 1. The molecule has 1 rings (SSSR count). The van der Waals surface area contributed by atoms with Gasteiger partial charge in [0.15, 0.2) is 5.82 Å². The fraction of sp³-hybridized carbons (Fsp3) is 0.429. The highest BCUT2D eigenvalue weighted by atomic mass is 35.5. The van der Waals surface area contributed by atoms with Gasteiger partial charge < -0.3 is 10.3 Å². The molecule has 0 saturated carbocycles. The Morgan fingerprint density at radius 1 is 1.56 bits per heavy atom. The zero-order valence-corrected chi connectivity index (χ0v) is 9.34. The van der Waals surface area contributed by atoms with Crippen LogP contribution in [-0.2, 0) is 0 Å². The van der Waals surface area contributed by atoms with Gasteiger partial charge >= 0.3 is 5.51 Å². The zero-order chi connectivity index (χ0) is 12.2. The Kier molecular flexibility index (Phi) is 4.48. The fourth-order valence-corrected chi connectivity index (χ4v) is 1.45. The lowest BCUT2D eigenvalue weighted by Gasteiger charge is -2.07. The van der Waals surface area contributed by atoms with Crippen LogP contribution in [0.15, 0.2) is 11.1 Å². The standard InChI is InChI=1S/C7H7ClF3N3OS/c8-4-5(13-3-14-6(4)15)12-1-2-16-7(9,10)11/h3H,1-2H2,(H2,12,13,14,15). The molecule has 1 heterocycles. The van der Waals surface area contributed by atoms with E-state index in [9.17, 15) is 18.0 Å². The van der Waals surface area contributed by atoms with Gasteiger partial charge in [0, 0.05) is 12.3 Å². The second kappa shape index (κ2) is 5.44. The minimum atomic E-state index is -4.26. The summed E-state index contributed by atoms with van der Waals surface area (Å²) in [6, 6.07) is 0. The van der Waals surface area contributed by atoms with Gasteiger partial charge in [-0.15, -0.1) is 0 Å². The Morgan fingerprint density at radius 3 is 2.88 bits per heavy atom. The van der Waals surface area contributed by atoms with Crippen LogP contribution in [0, 0.1) is 0 Å². The minimum absolute atomic E-state index is 0.0142.